The summed E-state index contributed by atoms with van der Waals surface area (Å²) in [6.07, 6.45) is -0.571. The predicted molar refractivity (Wildman–Crippen MR) is 97.5 cm³/mol. The van der Waals surface area contributed by atoms with Crippen LogP contribution in [0.4, 0.5) is 4.79 Å². The van der Waals surface area contributed by atoms with E-state index in [2.05, 4.69) is 15.5 Å². The van der Waals surface area contributed by atoms with Gasteiger partial charge in [0.2, 0.25) is 0 Å². The minimum atomic E-state index is -0.885. The summed E-state index contributed by atoms with van der Waals surface area (Å²) >= 11 is 11.8. The van der Waals surface area contributed by atoms with E-state index in [1.165, 1.54) is 0 Å². The number of rotatable bonds is 5. The highest BCUT2D eigenvalue weighted by Gasteiger charge is 2.31. The Kier molecular flexibility index (Phi) is 6.03. The molecule has 0 unspecified atom stereocenters. The van der Waals surface area contributed by atoms with Gasteiger partial charge in [0.15, 0.2) is 12.4 Å². The molecule has 1 N–H and O–H groups in total. The lowest BCUT2D eigenvalue weighted by atomic mass is 10.1. The van der Waals surface area contributed by atoms with Crippen molar-refractivity contribution in [3.05, 3.63) is 40.0 Å². The zero-order valence-corrected chi connectivity index (χ0v) is 16.7. The summed E-state index contributed by atoms with van der Waals surface area (Å²) in [7, 11) is 0. The molecule has 142 valence electrons. The number of benzene rings is 1. The van der Waals surface area contributed by atoms with Crippen LogP contribution in [0.25, 0.3) is 0 Å². The predicted octanol–water partition coefficient (Wildman–Crippen LogP) is 4.72. The van der Waals surface area contributed by atoms with Gasteiger partial charge in [-0.1, -0.05) is 28.4 Å². The van der Waals surface area contributed by atoms with Gasteiger partial charge in [0.25, 0.3) is 5.89 Å². The van der Waals surface area contributed by atoms with Crippen LogP contribution in [-0.2, 0) is 16.9 Å². The molecule has 0 spiro atoms. The van der Waals surface area contributed by atoms with Crippen LogP contribution in [0.1, 0.15) is 46.3 Å². The second-order valence-corrected chi connectivity index (χ2v) is 8.03. The van der Waals surface area contributed by atoms with Crippen LogP contribution in [0.2, 0.25) is 10.0 Å². The topological polar surface area (TPSA) is 86.5 Å². The lowest BCUT2D eigenvalue weighted by molar-refractivity contribution is 0.0465. The van der Waals surface area contributed by atoms with Crippen LogP contribution >= 0.6 is 23.2 Å². The monoisotopic (exact) mass is 401 g/mol. The average Bonchev–Trinajstić information content (AvgIpc) is 2.91. The first-order valence-corrected chi connectivity index (χ1v) is 8.63. The van der Waals surface area contributed by atoms with Crippen molar-refractivity contribution in [2.24, 2.45) is 0 Å². The number of carbonyl (C=O) groups is 1. The molecule has 2 aromatic rings. The molecule has 9 heteroatoms. The van der Waals surface area contributed by atoms with Gasteiger partial charge < -0.3 is 19.3 Å². The van der Waals surface area contributed by atoms with E-state index in [1.807, 2.05) is 0 Å². The summed E-state index contributed by atoms with van der Waals surface area (Å²) in [5, 5.41) is 7.52. The molecule has 1 amide bonds. The zero-order chi connectivity index (χ0) is 19.5. The van der Waals surface area contributed by atoms with Crippen LogP contribution in [0.15, 0.2) is 22.7 Å². The molecule has 1 aromatic heterocycles. The van der Waals surface area contributed by atoms with Crippen LogP contribution in [0.5, 0.6) is 5.75 Å². The normalized spacial score (nSPS) is 12.0. The number of nitrogens with zero attached hydrogens (tertiary/aromatic N) is 2. The maximum absolute atomic E-state index is 12.0. The Morgan fingerprint density at radius 2 is 1.77 bits per heavy atom. The molecule has 0 aliphatic carbocycles. The molecule has 1 heterocycles. The molecular formula is C17H21Cl2N3O4. The fourth-order valence-corrected chi connectivity index (χ4v) is 2.44. The van der Waals surface area contributed by atoms with Crippen LogP contribution in [-0.4, -0.2) is 21.8 Å². The van der Waals surface area contributed by atoms with E-state index in [0.717, 1.165) is 0 Å². The number of nitrogens with one attached hydrogen (secondary N) is 1. The summed E-state index contributed by atoms with van der Waals surface area (Å²) < 4.78 is 16.0. The molecule has 2 rings (SSSR count). The fourth-order valence-electron chi connectivity index (χ4n) is 1.94. The molecule has 0 atom stereocenters. The summed E-state index contributed by atoms with van der Waals surface area (Å²) in [5.74, 6) is 1.02. The van der Waals surface area contributed by atoms with Crippen LogP contribution < -0.4 is 10.1 Å². The third kappa shape index (κ3) is 6.07. The second kappa shape index (κ2) is 7.72. The van der Waals surface area contributed by atoms with Crippen molar-refractivity contribution < 1.29 is 18.8 Å². The Morgan fingerprint density at radius 1 is 1.15 bits per heavy atom. The molecule has 0 radical (unpaired) electrons. The summed E-state index contributed by atoms with van der Waals surface area (Å²) in [6, 6.07) is 4.85. The molecule has 0 aliphatic heterocycles. The lowest BCUT2D eigenvalue weighted by Gasteiger charge is -2.26. The number of amides is 1. The zero-order valence-electron chi connectivity index (χ0n) is 15.2. The van der Waals surface area contributed by atoms with Crippen molar-refractivity contribution >= 4 is 29.3 Å². The third-order valence-corrected chi connectivity index (χ3v) is 3.48. The minimum absolute atomic E-state index is 0.0339. The Balaban J connectivity index is 2.00. The van der Waals surface area contributed by atoms with Gasteiger partial charge in [0, 0.05) is 10.0 Å². The first-order valence-electron chi connectivity index (χ1n) is 7.88. The minimum Gasteiger partial charge on any atom is -0.484 e. The van der Waals surface area contributed by atoms with Gasteiger partial charge in [0.1, 0.15) is 16.9 Å². The van der Waals surface area contributed by atoms with E-state index in [9.17, 15) is 4.79 Å². The van der Waals surface area contributed by atoms with Crippen molar-refractivity contribution in [1.29, 1.82) is 0 Å². The number of aromatic nitrogens is 2. The van der Waals surface area contributed by atoms with E-state index >= 15 is 0 Å². The Hall–Kier alpha value is -1.99. The van der Waals surface area contributed by atoms with E-state index < -0.39 is 17.2 Å². The summed E-state index contributed by atoms with van der Waals surface area (Å²) in [4.78, 5) is 16.2. The maximum Gasteiger partial charge on any atom is 0.408 e. The van der Waals surface area contributed by atoms with E-state index in [4.69, 9.17) is 37.2 Å². The van der Waals surface area contributed by atoms with Gasteiger partial charge in [0.05, 0.1) is 0 Å². The van der Waals surface area contributed by atoms with Crippen molar-refractivity contribution in [3.63, 3.8) is 0 Å². The van der Waals surface area contributed by atoms with Crippen molar-refractivity contribution in [2.45, 2.75) is 52.4 Å². The largest absolute Gasteiger partial charge is 0.484 e. The average molecular weight is 402 g/mol. The first-order chi connectivity index (χ1) is 11.9. The van der Waals surface area contributed by atoms with Gasteiger partial charge in [-0.3, -0.25) is 0 Å². The molecule has 0 fully saturated rings. The smallest absolute Gasteiger partial charge is 0.408 e. The summed E-state index contributed by atoms with van der Waals surface area (Å²) in [5.41, 5.74) is -1.49. The van der Waals surface area contributed by atoms with Crippen molar-refractivity contribution in [2.75, 3.05) is 0 Å². The van der Waals surface area contributed by atoms with Crippen LogP contribution in [0, 0.1) is 0 Å². The molecule has 0 saturated carbocycles. The Labute approximate surface area is 162 Å². The molecule has 0 bridgehead atoms. The number of carbonyl (C=O) groups excluding carboxylic acids is 1. The maximum atomic E-state index is 12.0. The molecular weight excluding hydrogens is 381 g/mol. The number of hydrogen-bond acceptors (Lipinski definition) is 6. The molecule has 7 nitrogen and oxygen atoms in total. The standard InChI is InChI=1S/C17H21Cl2N3O4/c1-16(2,3)25-15(23)21-17(4,5)14-20-13(26-22-14)9-24-12-7-10(18)6-11(19)8-12/h6-8H,9H2,1-5H3,(H,21,23). The van der Waals surface area contributed by atoms with E-state index in [-0.39, 0.29) is 12.5 Å². The highest BCUT2D eigenvalue weighted by molar-refractivity contribution is 6.34. The highest BCUT2D eigenvalue weighted by Crippen LogP contribution is 2.25. The summed E-state index contributed by atoms with van der Waals surface area (Å²) in [6.45, 7) is 8.86. The van der Waals surface area contributed by atoms with Gasteiger partial charge in [-0.25, -0.2) is 4.79 Å². The number of halogens is 2. The second-order valence-electron chi connectivity index (χ2n) is 7.16. The molecule has 1 aromatic carbocycles. The molecule has 0 saturated heterocycles. The number of alkyl carbamates (subject to hydrolysis) is 1. The number of hydrogen-bond donors (Lipinski definition) is 1. The van der Waals surface area contributed by atoms with Gasteiger partial charge in [-0.15, -0.1) is 0 Å². The van der Waals surface area contributed by atoms with Crippen molar-refractivity contribution in [1.82, 2.24) is 15.5 Å². The Bertz CT molecular complexity index is 764. The highest BCUT2D eigenvalue weighted by atomic mass is 35.5. The van der Waals surface area contributed by atoms with Crippen molar-refractivity contribution in [3.8, 4) is 5.75 Å². The van der Waals surface area contributed by atoms with E-state index in [1.54, 1.807) is 52.8 Å². The Morgan fingerprint density at radius 3 is 2.35 bits per heavy atom. The van der Waals surface area contributed by atoms with Gasteiger partial charge >= 0.3 is 6.09 Å². The van der Waals surface area contributed by atoms with Gasteiger partial charge in [-0.05, 0) is 52.8 Å². The third-order valence-electron chi connectivity index (χ3n) is 3.04. The van der Waals surface area contributed by atoms with Crippen LogP contribution in [0.3, 0.4) is 0 Å². The molecule has 26 heavy (non-hydrogen) atoms. The van der Waals surface area contributed by atoms with Gasteiger partial charge in [-0.2, -0.15) is 4.98 Å². The SMILES string of the molecule is CC(C)(C)OC(=O)NC(C)(C)c1noc(COc2cc(Cl)cc(Cl)c2)n1. The fraction of sp³-hybridized carbons (Fsp3) is 0.471. The quantitative estimate of drug-likeness (QED) is 0.779. The molecule has 0 aliphatic rings. The number of ether oxygens (including phenoxy) is 2. The first kappa shape index (κ1) is 20.3. The van der Waals surface area contributed by atoms with E-state index in [0.29, 0.717) is 21.6 Å². The lowest BCUT2D eigenvalue weighted by Crippen LogP contribution is -2.44.